The van der Waals surface area contributed by atoms with Crippen molar-refractivity contribution in [2.24, 2.45) is 0 Å². The predicted octanol–water partition coefficient (Wildman–Crippen LogP) is 2.40. The highest BCUT2D eigenvalue weighted by Crippen LogP contribution is 2.27. The van der Waals surface area contributed by atoms with Gasteiger partial charge in [0.05, 0.1) is 6.61 Å². The Morgan fingerprint density at radius 1 is 1.33 bits per heavy atom. The van der Waals surface area contributed by atoms with Gasteiger partial charge in [-0.3, -0.25) is 0 Å². The number of ether oxygens (including phenoxy) is 2. The lowest BCUT2D eigenvalue weighted by Gasteiger charge is -2.11. The van der Waals surface area contributed by atoms with E-state index in [1.165, 1.54) is 12.0 Å². The molecule has 1 aromatic carbocycles. The fourth-order valence-electron chi connectivity index (χ4n) is 2.12. The standard InChI is InChI=1S/C15H23NO2/c1-2-3-9-17-10-8-16-12-14-11-13-6-4-5-7-15(13)18-14/h4-7,14,16H,2-3,8-12H2,1H3. The summed E-state index contributed by atoms with van der Waals surface area (Å²) in [7, 11) is 0. The Labute approximate surface area is 109 Å². The minimum atomic E-state index is 0.276. The van der Waals surface area contributed by atoms with Gasteiger partial charge in [0.25, 0.3) is 0 Å². The van der Waals surface area contributed by atoms with Crippen molar-refractivity contribution in [2.75, 3.05) is 26.3 Å². The van der Waals surface area contributed by atoms with Crippen LogP contribution in [0.3, 0.4) is 0 Å². The SMILES string of the molecule is CCCCOCCNCC1Cc2ccccc2O1. The van der Waals surface area contributed by atoms with Crippen molar-refractivity contribution in [3.8, 4) is 5.75 Å². The van der Waals surface area contributed by atoms with Crippen molar-refractivity contribution in [3.05, 3.63) is 29.8 Å². The number of fused-ring (bicyclic) bond motifs is 1. The highest BCUT2D eigenvalue weighted by molar-refractivity contribution is 5.37. The number of para-hydroxylation sites is 1. The Hall–Kier alpha value is -1.06. The van der Waals surface area contributed by atoms with Crippen molar-refractivity contribution in [2.45, 2.75) is 32.3 Å². The maximum Gasteiger partial charge on any atom is 0.123 e. The third-order valence-electron chi connectivity index (χ3n) is 3.15. The van der Waals surface area contributed by atoms with Crippen LogP contribution >= 0.6 is 0 Å². The van der Waals surface area contributed by atoms with Crippen LogP contribution in [0.5, 0.6) is 5.75 Å². The van der Waals surface area contributed by atoms with Gasteiger partial charge in [-0.05, 0) is 18.1 Å². The molecule has 3 heteroatoms. The van der Waals surface area contributed by atoms with E-state index in [2.05, 4.69) is 24.4 Å². The maximum atomic E-state index is 5.85. The Morgan fingerprint density at radius 2 is 2.22 bits per heavy atom. The molecule has 3 nitrogen and oxygen atoms in total. The quantitative estimate of drug-likeness (QED) is 0.718. The van der Waals surface area contributed by atoms with E-state index in [4.69, 9.17) is 9.47 Å². The Morgan fingerprint density at radius 3 is 3.06 bits per heavy atom. The molecule has 1 aliphatic heterocycles. The molecule has 1 aliphatic rings. The zero-order valence-corrected chi connectivity index (χ0v) is 11.2. The number of benzene rings is 1. The Bertz CT molecular complexity index is 329. The van der Waals surface area contributed by atoms with Gasteiger partial charge in [0.15, 0.2) is 0 Å². The molecule has 0 saturated carbocycles. The molecule has 1 N–H and O–H groups in total. The second kappa shape index (κ2) is 7.39. The van der Waals surface area contributed by atoms with Crippen LogP contribution in [0.4, 0.5) is 0 Å². The van der Waals surface area contributed by atoms with Crippen molar-refractivity contribution < 1.29 is 9.47 Å². The largest absolute Gasteiger partial charge is 0.488 e. The van der Waals surface area contributed by atoms with Crippen LogP contribution in [-0.2, 0) is 11.2 Å². The van der Waals surface area contributed by atoms with E-state index < -0.39 is 0 Å². The van der Waals surface area contributed by atoms with Gasteiger partial charge in [-0.15, -0.1) is 0 Å². The molecule has 0 amide bonds. The molecular formula is C15H23NO2. The molecule has 1 aromatic rings. The average molecular weight is 249 g/mol. The predicted molar refractivity (Wildman–Crippen MR) is 73.2 cm³/mol. The minimum absolute atomic E-state index is 0.276. The molecule has 0 bridgehead atoms. The highest BCUT2D eigenvalue weighted by atomic mass is 16.5. The van der Waals surface area contributed by atoms with Crippen LogP contribution in [0, 0.1) is 0 Å². The summed E-state index contributed by atoms with van der Waals surface area (Å²) in [5.41, 5.74) is 1.32. The lowest BCUT2D eigenvalue weighted by molar-refractivity contribution is 0.129. The summed E-state index contributed by atoms with van der Waals surface area (Å²) in [5.74, 6) is 1.04. The van der Waals surface area contributed by atoms with E-state index in [1.54, 1.807) is 0 Å². The normalized spacial score (nSPS) is 17.5. The lowest BCUT2D eigenvalue weighted by atomic mass is 10.1. The fourth-order valence-corrected chi connectivity index (χ4v) is 2.12. The first kappa shape index (κ1) is 13.4. The van der Waals surface area contributed by atoms with Crippen LogP contribution in [0.25, 0.3) is 0 Å². The molecule has 1 unspecified atom stereocenters. The van der Waals surface area contributed by atoms with Gasteiger partial charge < -0.3 is 14.8 Å². The van der Waals surface area contributed by atoms with Crippen LogP contribution in [0.2, 0.25) is 0 Å². The molecule has 2 rings (SSSR count). The molecule has 18 heavy (non-hydrogen) atoms. The van der Waals surface area contributed by atoms with E-state index in [1.807, 2.05) is 12.1 Å². The number of hydrogen-bond donors (Lipinski definition) is 1. The van der Waals surface area contributed by atoms with Crippen LogP contribution in [0.1, 0.15) is 25.3 Å². The van der Waals surface area contributed by atoms with E-state index in [9.17, 15) is 0 Å². The average Bonchev–Trinajstić information content (AvgIpc) is 2.80. The fraction of sp³-hybridized carbons (Fsp3) is 0.600. The number of rotatable bonds is 8. The van der Waals surface area contributed by atoms with E-state index in [0.29, 0.717) is 0 Å². The molecule has 0 saturated heterocycles. The van der Waals surface area contributed by atoms with Gasteiger partial charge in [-0.1, -0.05) is 31.5 Å². The molecule has 0 aromatic heterocycles. The van der Waals surface area contributed by atoms with Gasteiger partial charge in [-0.25, -0.2) is 0 Å². The number of nitrogens with one attached hydrogen (secondary N) is 1. The van der Waals surface area contributed by atoms with E-state index >= 15 is 0 Å². The molecule has 100 valence electrons. The van der Waals surface area contributed by atoms with Gasteiger partial charge in [0.1, 0.15) is 11.9 Å². The Balaban J connectivity index is 1.54. The summed E-state index contributed by atoms with van der Waals surface area (Å²) in [6.45, 7) is 5.64. The third-order valence-corrected chi connectivity index (χ3v) is 3.15. The van der Waals surface area contributed by atoms with Crippen LogP contribution in [-0.4, -0.2) is 32.4 Å². The maximum absolute atomic E-state index is 5.85. The van der Waals surface area contributed by atoms with Crippen molar-refractivity contribution in [3.63, 3.8) is 0 Å². The van der Waals surface area contributed by atoms with Crippen molar-refractivity contribution >= 4 is 0 Å². The molecular weight excluding hydrogens is 226 g/mol. The second-order valence-corrected chi connectivity index (χ2v) is 4.72. The van der Waals surface area contributed by atoms with E-state index in [0.717, 1.165) is 44.9 Å². The van der Waals surface area contributed by atoms with Crippen molar-refractivity contribution in [1.29, 1.82) is 0 Å². The summed E-state index contributed by atoms with van der Waals surface area (Å²) < 4.78 is 11.3. The summed E-state index contributed by atoms with van der Waals surface area (Å²) in [6, 6.07) is 8.28. The molecule has 1 heterocycles. The molecule has 0 fully saturated rings. The summed E-state index contributed by atoms with van der Waals surface area (Å²) in [5, 5.41) is 3.39. The summed E-state index contributed by atoms with van der Waals surface area (Å²) in [4.78, 5) is 0. The van der Waals surface area contributed by atoms with E-state index in [-0.39, 0.29) is 6.10 Å². The zero-order chi connectivity index (χ0) is 12.6. The first-order valence-electron chi connectivity index (χ1n) is 6.93. The molecule has 0 radical (unpaired) electrons. The summed E-state index contributed by atoms with van der Waals surface area (Å²) >= 11 is 0. The zero-order valence-electron chi connectivity index (χ0n) is 11.2. The first-order valence-corrected chi connectivity index (χ1v) is 6.93. The molecule has 0 spiro atoms. The summed E-state index contributed by atoms with van der Waals surface area (Å²) in [6.07, 6.45) is 3.64. The first-order chi connectivity index (χ1) is 8.90. The smallest absolute Gasteiger partial charge is 0.123 e. The van der Waals surface area contributed by atoms with Crippen LogP contribution < -0.4 is 10.1 Å². The topological polar surface area (TPSA) is 30.5 Å². The van der Waals surface area contributed by atoms with Gasteiger partial charge >= 0.3 is 0 Å². The van der Waals surface area contributed by atoms with Gasteiger partial charge in [0.2, 0.25) is 0 Å². The third kappa shape index (κ3) is 4.00. The number of unbranched alkanes of at least 4 members (excludes halogenated alkanes) is 1. The molecule has 1 atom stereocenters. The number of hydrogen-bond acceptors (Lipinski definition) is 3. The highest BCUT2D eigenvalue weighted by Gasteiger charge is 2.21. The van der Waals surface area contributed by atoms with Gasteiger partial charge in [-0.2, -0.15) is 0 Å². The lowest BCUT2D eigenvalue weighted by Crippen LogP contribution is -2.32. The molecule has 0 aliphatic carbocycles. The van der Waals surface area contributed by atoms with Gasteiger partial charge in [0, 0.05) is 26.1 Å². The monoisotopic (exact) mass is 249 g/mol. The van der Waals surface area contributed by atoms with Crippen LogP contribution in [0.15, 0.2) is 24.3 Å². The second-order valence-electron chi connectivity index (χ2n) is 4.72. The minimum Gasteiger partial charge on any atom is -0.488 e. The van der Waals surface area contributed by atoms with Crippen molar-refractivity contribution in [1.82, 2.24) is 5.32 Å². The Kier molecular flexibility index (Phi) is 5.49.